The predicted octanol–water partition coefficient (Wildman–Crippen LogP) is 5.24. The lowest BCUT2D eigenvalue weighted by Crippen LogP contribution is -2.41. The summed E-state index contributed by atoms with van der Waals surface area (Å²) in [6.45, 7) is 3.91. The molecule has 7 rings (SSSR count). The third kappa shape index (κ3) is 4.83. The number of nitrogens with one attached hydrogen (secondary N) is 1. The second kappa shape index (κ2) is 11.0. The zero-order valence-electron chi connectivity index (χ0n) is 23.4. The number of carbonyl (C=O) groups is 4. The van der Waals surface area contributed by atoms with Gasteiger partial charge in [-0.15, -0.1) is 0 Å². The molecule has 0 unspecified atom stereocenters. The number of aryl methyl sites for hydroxylation is 2. The summed E-state index contributed by atoms with van der Waals surface area (Å²) in [6, 6.07) is 22.2. The molecule has 1 fully saturated rings. The summed E-state index contributed by atoms with van der Waals surface area (Å²) < 4.78 is 5.14. The van der Waals surface area contributed by atoms with E-state index in [1.807, 2.05) is 56.3 Å². The molecule has 0 saturated carbocycles. The number of ether oxygens (including phenoxy) is 1. The first kappa shape index (κ1) is 26.9. The number of nitrogens with zero attached hydrogens (tertiary/aromatic N) is 1. The topological polar surface area (TPSA) is 92.8 Å². The van der Waals surface area contributed by atoms with Crippen LogP contribution in [0.3, 0.4) is 0 Å². The van der Waals surface area contributed by atoms with Gasteiger partial charge in [0.1, 0.15) is 0 Å². The summed E-state index contributed by atoms with van der Waals surface area (Å²) in [4.78, 5) is 53.1. The Bertz CT molecular complexity index is 1430. The molecule has 3 aliphatic carbocycles. The summed E-state index contributed by atoms with van der Waals surface area (Å²) in [5.41, 5.74) is 7.42. The van der Waals surface area contributed by atoms with E-state index < -0.39 is 5.97 Å². The maximum Gasteiger partial charge on any atom is 0.306 e. The molecule has 1 N–H and O–H groups in total. The van der Waals surface area contributed by atoms with Gasteiger partial charge in [-0.1, -0.05) is 72.6 Å². The fourth-order valence-corrected chi connectivity index (χ4v) is 7.03. The van der Waals surface area contributed by atoms with E-state index in [4.69, 9.17) is 4.74 Å². The fourth-order valence-electron chi connectivity index (χ4n) is 7.03. The zero-order valence-corrected chi connectivity index (χ0v) is 23.4. The average molecular weight is 551 g/mol. The van der Waals surface area contributed by atoms with Crippen molar-refractivity contribution in [1.29, 1.82) is 0 Å². The summed E-state index contributed by atoms with van der Waals surface area (Å²) >= 11 is 0. The molecule has 3 amide bonds. The highest BCUT2D eigenvalue weighted by atomic mass is 16.5. The van der Waals surface area contributed by atoms with Crippen LogP contribution < -0.4 is 5.32 Å². The summed E-state index contributed by atoms with van der Waals surface area (Å²) in [7, 11) is 0. The lowest BCUT2D eigenvalue weighted by Gasteiger charge is -2.45. The van der Waals surface area contributed by atoms with Crippen LogP contribution in [-0.4, -0.2) is 41.7 Å². The maximum absolute atomic E-state index is 13.6. The quantitative estimate of drug-likeness (QED) is 0.224. The molecule has 7 nitrogen and oxygen atoms in total. The molecule has 2 bridgehead atoms. The highest BCUT2D eigenvalue weighted by molar-refractivity contribution is 6.07. The van der Waals surface area contributed by atoms with Crippen molar-refractivity contribution in [3.8, 4) is 0 Å². The predicted molar refractivity (Wildman–Crippen MR) is 154 cm³/mol. The number of unbranched alkanes of at least 4 members (excludes halogenated alkanes) is 2. The lowest BCUT2D eigenvalue weighted by molar-refractivity contribution is -0.147. The number of esters is 1. The molecular weight excluding hydrogens is 516 g/mol. The van der Waals surface area contributed by atoms with Gasteiger partial charge in [0.15, 0.2) is 6.61 Å². The molecule has 1 aliphatic heterocycles. The van der Waals surface area contributed by atoms with Gasteiger partial charge in [-0.3, -0.25) is 24.1 Å². The molecule has 210 valence electrons. The van der Waals surface area contributed by atoms with Crippen LogP contribution in [0.1, 0.15) is 70.9 Å². The van der Waals surface area contributed by atoms with Crippen molar-refractivity contribution in [1.82, 2.24) is 4.90 Å². The number of imide groups is 1. The van der Waals surface area contributed by atoms with E-state index in [2.05, 4.69) is 29.6 Å². The van der Waals surface area contributed by atoms with E-state index in [0.717, 1.165) is 11.1 Å². The maximum atomic E-state index is 13.6. The van der Waals surface area contributed by atoms with Crippen LogP contribution in [0.25, 0.3) is 0 Å². The van der Waals surface area contributed by atoms with Crippen molar-refractivity contribution in [2.24, 2.45) is 11.8 Å². The number of amides is 3. The second-order valence-electron chi connectivity index (χ2n) is 11.4. The minimum Gasteiger partial charge on any atom is -0.456 e. The van der Waals surface area contributed by atoms with Gasteiger partial charge in [-0.25, -0.2) is 0 Å². The molecule has 1 heterocycles. The Kier molecular flexibility index (Phi) is 7.20. The zero-order chi connectivity index (χ0) is 28.7. The Hall–Kier alpha value is -4.26. The molecule has 7 heteroatoms. The third-order valence-corrected chi connectivity index (χ3v) is 8.82. The van der Waals surface area contributed by atoms with Gasteiger partial charge in [0.05, 0.1) is 11.8 Å². The van der Waals surface area contributed by atoms with Crippen LogP contribution in [0.2, 0.25) is 0 Å². The minimum atomic E-state index is -0.438. The van der Waals surface area contributed by atoms with E-state index in [0.29, 0.717) is 31.5 Å². The molecule has 4 aliphatic rings. The van der Waals surface area contributed by atoms with Crippen LogP contribution in [0.15, 0.2) is 66.7 Å². The smallest absolute Gasteiger partial charge is 0.306 e. The minimum absolute atomic E-state index is 0.0757. The molecule has 0 spiro atoms. The Morgan fingerprint density at radius 2 is 1.34 bits per heavy atom. The van der Waals surface area contributed by atoms with Gasteiger partial charge in [0.25, 0.3) is 5.91 Å². The molecule has 3 aromatic carbocycles. The standard InChI is InChI=1S/C34H34N2O5/c1-20-15-16-26(21(2)18-20)35-27(37)19-41-28(38)14-4-3-9-17-36-33(39)31-29-22-10-5-6-11-23(22)30(32(31)34(36)40)25-13-8-7-12-24(25)29/h5-8,10-13,15-16,18,29-32H,3-4,9,14,17,19H2,1-2H3,(H,35,37)/t29?,30?,31-,32-/m0/s1. The molecule has 0 aromatic heterocycles. The number of benzene rings is 3. The summed E-state index contributed by atoms with van der Waals surface area (Å²) in [5.74, 6) is -1.88. The highest BCUT2D eigenvalue weighted by Crippen LogP contribution is 2.60. The van der Waals surface area contributed by atoms with Crippen molar-refractivity contribution in [3.05, 3.63) is 100 Å². The van der Waals surface area contributed by atoms with E-state index >= 15 is 0 Å². The van der Waals surface area contributed by atoms with Crippen molar-refractivity contribution < 1.29 is 23.9 Å². The summed E-state index contributed by atoms with van der Waals surface area (Å²) in [6.07, 6.45) is 2.03. The lowest BCUT2D eigenvalue weighted by atomic mass is 9.55. The molecule has 3 aromatic rings. The van der Waals surface area contributed by atoms with Crippen LogP contribution in [-0.2, 0) is 23.9 Å². The second-order valence-corrected chi connectivity index (χ2v) is 11.4. The molecule has 1 saturated heterocycles. The van der Waals surface area contributed by atoms with Crippen LogP contribution in [0.4, 0.5) is 5.69 Å². The first-order chi connectivity index (χ1) is 19.8. The number of hydrogen-bond acceptors (Lipinski definition) is 5. The van der Waals surface area contributed by atoms with Gasteiger partial charge in [-0.05, 0) is 60.6 Å². The van der Waals surface area contributed by atoms with Gasteiger partial charge in [0.2, 0.25) is 11.8 Å². The molecule has 2 atom stereocenters. The van der Waals surface area contributed by atoms with E-state index in [1.165, 1.54) is 27.2 Å². The third-order valence-electron chi connectivity index (χ3n) is 8.82. The normalized spacial score (nSPS) is 21.8. The van der Waals surface area contributed by atoms with Crippen molar-refractivity contribution >= 4 is 29.4 Å². The Morgan fingerprint density at radius 1 is 0.780 bits per heavy atom. The molecular formula is C34H34N2O5. The van der Waals surface area contributed by atoms with Crippen LogP contribution in [0, 0.1) is 25.7 Å². The number of likely N-dealkylation sites (tertiary alicyclic amines) is 1. The number of hydrogen-bond donors (Lipinski definition) is 1. The first-order valence-electron chi connectivity index (χ1n) is 14.4. The van der Waals surface area contributed by atoms with Crippen LogP contribution in [0.5, 0.6) is 0 Å². The summed E-state index contributed by atoms with van der Waals surface area (Å²) in [5, 5.41) is 2.77. The Balaban J connectivity index is 0.996. The van der Waals surface area contributed by atoms with Crippen molar-refractivity contribution in [2.75, 3.05) is 18.5 Å². The van der Waals surface area contributed by atoms with Crippen LogP contribution >= 0.6 is 0 Å². The van der Waals surface area contributed by atoms with E-state index in [1.54, 1.807) is 0 Å². The van der Waals surface area contributed by atoms with E-state index in [9.17, 15) is 19.2 Å². The largest absolute Gasteiger partial charge is 0.456 e. The fraction of sp³-hybridized carbons (Fsp3) is 0.353. The molecule has 41 heavy (non-hydrogen) atoms. The van der Waals surface area contributed by atoms with E-state index in [-0.39, 0.29) is 54.4 Å². The first-order valence-corrected chi connectivity index (χ1v) is 14.4. The van der Waals surface area contributed by atoms with Crippen molar-refractivity contribution in [2.45, 2.75) is 51.4 Å². The van der Waals surface area contributed by atoms with Crippen molar-refractivity contribution in [3.63, 3.8) is 0 Å². The monoisotopic (exact) mass is 550 g/mol. The highest BCUT2D eigenvalue weighted by Gasteiger charge is 2.61. The SMILES string of the molecule is Cc1ccc(NC(=O)COC(=O)CCCCCN2C(=O)[C@H]3C4c5ccccc5C(c5ccccc54)[C@@H]3C2=O)c(C)c1. The average Bonchev–Trinajstić information content (AvgIpc) is 3.23. The number of anilines is 1. The van der Waals surface area contributed by atoms with Gasteiger partial charge in [0, 0.05) is 30.5 Å². The number of carbonyl (C=O) groups excluding carboxylic acids is 4. The van der Waals surface area contributed by atoms with Gasteiger partial charge >= 0.3 is 5.97 Å². The number of rotatable bonds is 9. The van der Waals surface area contributed by atoms with Gasteiger partial charge in [-0.2, -0.15) is 0 Å². The molecule has 0 radical (unpaired) electrons. The Morgan fingerprint density at radius 3 is 1.88 bits per heavy atom. The Labute approximate surface area is 239 Å². The van der Waals surface area contributed by atoms with Gasteiger partial charge < -0.3 is 10.1 Å².